The fourth-order valence-electron chi connectivity index (χ4n) is 5.17. The smallest absolute Gasteiger partial charge is 0.270 e. The van der Waals surface area contributed by atoms with E-state index in [1.54, 1.807) is 6.20 Å². The normalized spacial score (nSPS) is 11.4. The molecule has 2 aromatic heterocycles. The highest BCUT2D eigenvalue weighted by molar-refractivity contribution is 6.28. The summed E-state index contributed by atoms with van der Waals surface area (Å²) in [6.45, 7) is 7.29. The van der Waals surface area contributed by atoms with E-state index in [0.29, 0.717) is 5.82 Å². The van der Waals surface area contributed by atoms with Crippen molar-refractivity contribution in [2.45, 2.75) is 0 Å². The topological polar surface area (TPSA) is 30.4 Å². The van der Waals surface area contributed by atoms with Crippen molar-refractivity contribution in [2.24, 2.45) is 0 Å². The molecule has 162 valence electrons. The maximum atomic E-state index is 7.29. The van der Waals surface area contributed by atoms with E-state index in [2.05, 4.69) is 101 Å². The number of hydrogen-bond donors (Lipinski definition) is 0. The van der Waals surface area contributed by atoms with E-state index in [0.717, 1.165) is 44.2 Å². The van der Waals surface area contributed by atoms with Crippen LogP contribution in [0.25, 0.3) is 70.6 Å². The molecular weight excluding hydrogens is 428 g/mol. The van der Waals surface area contributed by atoms with Gasteiger partial charge in [0, 0.05) is 10.8 Å². The highest BCUT2D eigenvalue weighted by atomic mass is 16.3. The van der Waals surface area contributed by atoms with E-state index >= 15 is 0 Å². The third-order valence-electron chi connectivity index (χ3n) is 6.74. The number of nitrogens with zero attached hydrogens (tertiary/aromatic N) is 2. The summed E-state index contributed by atoms with van der Waals surface area (Å²) in [5.41, 5.74) is 6.04. The predicted octanol–water partition coefficient (Wildman–Crippen LogP) is 9.17. The largest absolute Gasteiger partial charge is 0.456 e. The van der Waals surface area contributed by atoms with Gasteiger partial charge in [0.25, 0.3) is 5.82 Å². The summed E-state index contributed by atoms with van der Waals surface area (Å²) in [6.07, 6.45) is 1.69. The monoisotopic (exact) mass is 446 g/mol. The third kappa shape index (κ3) is 3.01. The second-order valence-corrected chi connectivity index (χ2v) is 8.70. The molecule has 0 aliphatic carbocycles. The SMILES string of the molecule is [C-]#[N+]c1cc(-c2cccc(-c3cc4oc5ccc6ccccc6c5c4c4ccccc34)c2)ccn1. The van der Waals surface area contributed by atoms with Gasteiger partial charge in [-0.25, -0.2) is 0 Å². The van der Waals surface area contributed by atoms with Gasteiger partial charge in [-0.3, -0.25) is 0 Å². The molecule has 0 saturated carbocycles. The predicted molar refractivity (Wildman–Crippen MR) is 144 cm³/mol. The summed E-state index contributed by atoms with van der Waals surface area (Å²) in [4.78, 5) is 7.60. The standard InChI is InChI=1S/C32H18N2O/c1-33-30-18-22(15-16-34-30)21-8-6-9-23(17-21)27-19-29-32(26-12-5-4-11-25(26)27)31-24-10-3-2-7-20(24)13-14-28(31)35-29/h2-19H. The van der Waals surface area contributed by atoms with Gasteiger partial charge >= 0.3 is 0 Å². The maximum Gasteiger partial charge on any atom is 0.270 e. The Kier molecular flexibility index (Phi) is 4.21. The first-order valence-electron chi connectivity index (χ1n) is 11.5. The van der Waals surface area contributed by atoms with Crippen molar-refractivity contribution < 1.29 is 4.42 Å². The summed E-state index contributed by atoms with van der Waals surface area (Å²) in [7, 11) is 0. The fourth-order valence-corrected chi connectivity index (χ4v) is 5.17. The van der Waals surface area contributed by atoms with Gasteiger partial charge < -0.3 is 9.26 Å². The minimum atomic E-state index is 0.397. The summed E-state index contributed by atoms with van der Waals surface area (Å²) in [6, 6.07) is 35.6. The van der Waals surface area contributed by atoms with Crippen LogP contribution in [0, 0.1) is 6.57 Å². The molecule has 3 nitrogen and oxygen atoms in total. The molecule has 2 heterocycles. The molecule has 0 bridgehead atoms. The average molecular weight is 447 g/mol. The first-order chi connectivity index (χ1) is 17.3. The van der Waals surface area contributed by atoms with E-state index in [4.69, 9.17) is 11.0 Å². The van der Waals surface area contributed by atoms with Gasteiger partial charge in [0.2, 0.25) is 0 Å². The molecule has 5 aromatic carbocycles. The molecule has 3 heteroatoms. The van der Waals surface area contributed by atoms with Crippen molar-refractivity contribution >= 4 is 49.3 Å². The first-order valence-corrected chi connectivity index (χ1v) is 11.5. The minimum absolute atomic E-state index is 0.397. The molecule has 7 aromatic rings. The molecule has 0 aliphatic rings. The molecule has 35 heavy (non-hydrogen) atoms. The molecule has 0 saturated heterocycles. The Morgan fingerprint density at radius 3 is 2.23 bits per heavy atom. The van der Waals surface area contributed by atoms with Crippen molar-refractivity contribution in [3.05, 3.63) is 121 Å². The lowest BCUT2D eigenvalue weighted by atomic mass is 9.92. The zero-order valence-electron chi connectivity index (χ0n) is 18.7. The zero-order valence-corrected chi connectivity index (χ0v) is 18.7. The van der Waals surface area contributed by atoms with Crippen LogP contribution in [-0.2, 0) is 0 Å². The van der Waals surface area contributed by atoms with E-state index in [-0.39, 0.29) is 0 Å². The second-order valence-electron chi connectivity index (χ2n) is 8.70. The van der Waals surface area contributed by atoms with Crippen LogP contribution in [0.3, 0.4) is 0 Å². The maximum absolute atomic E-state index is 7.29. The lowest BCUT2D eigenvalue weighted by Gasteiger charge is -2.11. The highest BCUT2D eigenvalue weighted by Gasteiger charge is 2.17. The van der Waals surface area contributed by atoms with Gasteiger partial charge in [0.15, 0.2) is 0 Å². The molecule has 0 aliphatic heterocycles. The quantitative estimate of drug-likeness (QED) is 0.248. The molecule has 0 radical (unpaired) electrons. The van der Waals surface area contributed by atoms with Crippen LogP contribution in [-0.4, -0.2) is 4.98 Å². The molecule has 0 unspecified atom stereocenters. The van der Waals surface area contributed by atoms with E-state index in [1.165, 1.54) is 21.5 Å². The van der Waals surface area contributed by atoms with E-state index in [9.17, 15) is 0 Å². The summed E-state index contributed by atoms with van der Waals surface area (Å²) in [5.74, 6) is 0.397. The molecular formula is C32H18N2O. The third-order valence-corrected chi connectivity index (χ3v) is 6.74. The molecule has 0 fully saturated rings. The summed E-state index contributed by atoms with van der Waals surface area (Å²) < 4.78 is 6.43. The van der Waals surface area contributed by atoms with Crippen LogP contribution in [0.5, 0.6) is 0 Å². The Labute approximate surface area is 201 Å². The minimum Gasteiger partial charge on any atom is -0.456 e. The van der Waals surface area contributed by atoms with Crippen molar-refractivity contribution in [1.29, 1.82) is 0 Å². The highest BCUT2D eigenvalue weighted by Crippen LogP contribution is 2.42. The zero-order chi connectivity index (χ0) is 23.4. The van der Waals surface area contributed by atoms with E-state index in [1.807, 2.05) is 12.1 Å². The molecule has 0 N–H and O–H groups in total. The summed E-state index contributed by atoms with van der Waals surface area (Å²) in [5, 5.41) is 7.10. The van der Waals surface area contributed by atoms with Crippen LogP contribution in [0.4, 0.5) is 5.82 Å². The van der Waals surface area contributed by atoms with Crippen molar-refractivity contribution in [2.75, 3.05) is 0 Å². The Hall–Kier alpha value is -4.94. The van der Waals surface area contributed by atoms with Crippen LogP contribution in [0.15, 0.2) is 114 Å². The van der Waals surface area contributed by atoms with Crippen LogP contribution in [0.2, 0.25) is 0 Å². The molecule has 7 rings (SSSR count). The fraction of sp³-hybridized carbons (Fsp3) is 0. The first kappa shape index (κ1) is 19.5. The lowest BCUT2D eigenvalue weighted by Crippen LogP contribution is -1.85. The van der Waals surface area contributed by atoms with Crippen molar-refractivity contribution in [1.82, 2.24) is 4.98 Å². The van der Waals surface area contributed by atoms with Gasteiger partial charge in [-0.05, 0) is 74.1 Å². The van der Waals surface area contributed by atoms with Gasteiger partial charge in [0.05, 0.1) is 0 Å². The summed E-state index contributed by atoms with van der Waals surface area (Å²) >= 11 is 0. The number of rotatable bonds is 2. The van der Waals surface area contributed by atoms with Gasteiger partial charge in [0.1, 0.15) is 17.4 Å². The Morgan fingerprint density at radius 2 is 1.34 bits per heavy atom. The number of benzene rings is 5. The van der Waals surface area contributed by atoms with Gasteiger partial charge in [-0.15, -0.1) is 4.98 Å². The van der Waals surface area contributed by atoms with Gasteiger partial charge in [-0.1, -0.05) is 79.4 Å². The number of aromatic nitrogens is 1. The van der Waals surface area contributed by atoms with E-state index < -0.39 is 0 Å². The number of pyridine rings is 1. The number of hydrogen-bond acceptors (Lipinski definition) is 2. The average Bonchev–Trinajstić information content (AvgIpc) is 3.32. The van der Waals surface area contributed by atoms with Crippen molar-refractivity contribution in [3.63, 3.8) is 0 Å². The molecule has 0 atom stereocenters. The Balaban J connectivity index is 1.53. The molecule has 0 amide bonds. The Bertz CT molecular complexity index is 1970. The Morgan fingerprint density at radius 1 is 0.600 bits per heavy atom. The van der Waals surface area contributed by atoms with Crippen LogP contribution in [0.1, 0.15) is 0 Å². The van der Waals surface area contributed by atoms with Crippen LogP contribution < -0.4 is 0 Å². The number of furan rings is 1. The van der Waals surface area contributed by atoms with Gasteiger partial charge in [-0.2, -0.15) is 0 Å². The molecule has 0 spiro atoms. The second kappa shape index (κ2) is 7.55. The van der Waals surface area contributed by atoms with Crippen LogP contribution >= 0.6 is 0 Å². The van der Waals surface area contributed by atoms with Crippen molar-refractivity contribution in [3.8, 4) is 22.3 Å². The lowest BCUT2D eigenvalue weighted by molar-refractivity contribution is 0.669. The number of fused-ring (bicyclic) bond motifs is 7.